The van der Waals surface area contributed by atoms with Crippen LogP contribution < -0.4 is 16.6 Å². The highest BCUT2D eigenvalue weighted by molar-refractivity contribution is 6.32. The number of aromatic amines is 1. The molecular weight excluding hydrogens is 400 g/mol. The van der Waals surface area contributed by atoms with Gasteiger partial charge in [0.1, 0.15) is 10.8 Å². The minimum absolute atomic E-state index is 0.0489. The molecule has 0 aliphatic carbocycles. The van der Waals surface area contributed by atoms with Crippen molar-refractivity contribution in [2.24, 2.45) is 0 Å². The van der Waals surface area contributed by atoms with Crippen LogP contribution in [-0.4, -0.2) is 24.0 Å². The van der Waals surface area contributed by atoms with Gasteiger partial charge in [-0.15, -0.1) is 0 Å². The highest BCUT2D eigenvalue weighted by Gasteiger charge is 2.18. The van der Waals surface area contributed by atoms with E-state index >= 15 is 0 Å². The predicted molar refractivity (Wildman–Crippen MR) is 111 cm³/mol. The number of imidazole rings is 1. The lowest BCUT2D eigenvalue weighted by molar-refractivity contribution is -0.384. The van der Waals surface area contributed by atoms with Gasteiger partial charge in [-0.05, 0) is 25.5 Å². The number of aryl methyl sites for hydroxylation is 2. The average molecular weight is 421 g/mol. The number of anilines is 1. The highest BCUT2D eigenvalue weighted by Crippen LogP contribution is 2.27. The van der Waals surface area contributed by atoms with E-state index in [4.69, 9.17) is 11.6 Å². The number of nitrogens with one attached hydrogen (secondary N) is 2. The molecule has 0 atom stereocenters. The Morgan fingerprint density at radius 2 is 2.03 bits per heavy atom. The fraction of sp³-hybridized carbons (Fsp3) is 0.389. The highest BCUT2D eigenvalue weighted by atomic mass is 35.5. The molecule has 0 aliphatic rings. The number of hydrogen-bond acceptors (Lipinski definition) is 6. The number of benzene rings is 1. The molecule has 0 aliphatic heterocycles. The second-order valence-corrected chi connectivity index (χ2v) is 6.89. The van der Waals surface area contributed by atoms with E-state index in [1.807, 2.05) is 13.8 Å². The number of nitrogens with zero attached hydrogens (tertiary/aromatic N) is 4. The van der Waals surface area contributed by atoms with Crippen molar-refractivity contribution in [3.63, 3.8) is 0 Å². The van der Waals surface area contributed by atoms with E-state index in [1.54, 1.807) is 10.6 Å². The topological polar surface area (TPSA) is 128 Å². The number of aromatic nitrogens is 4. The van der Waals surface area contributed by atoms with Crippen LogP contribution in [0.2, 0.25) is 5.02 Å². The molecular formula is C18H21ClN6O4. The fourth-order valence-corrected chi connectivity index (χ4v) is 3.35. The minimum Gasteiger partial charge on any atom is -0.378 e. The lowest BCUT2D eigenvalue weighted by Crippen LogP contribution is -2.31. The molecule has 0 amide bonds. The van der Waals surface area contributed by atoms with Crippen molar-refractivity contribution in [3.05, 3.63) is 60.0 Å². The second kappa shape index (κ2) is 8.48. The molecule has 1 aromatic carbocycles. The molecule has 0 unspecified atom stereocenters. The van der Waals surface area contributed by atoms with Crippen molar-refractivity contribution in [2.45, 2.75) is 46.3 Å². The SMILES string of the molecule is CCCCn1c(=O)[nH]c(=O)c2c1nc(CNc1ccc(Cl)c([N+](=O)[O-])c1)n2CC. The van der Waals surface area contributed by atoms with Gasteiger partial charge in [0, 0.05) is 24.8 Å². The first kappa shape index (κ1) is 20.6. The van der Waals surface area contributed by atoms with Gasteiger partial charge in [0.15, 0.2) is 11.2 Å². The number of halogens is 1. The Morgan fingerprint density at radius 1 is 1.28 bits per heavy atom. The van der Waals surface area contributed by atoms with Gasteiger partial charge in [-0.25, -0.2) is 9.78 Å². The molecule has 2 N–H and O–H groups in total. The van der Waals surface area contributed by atoms with Crippen molar-refractivity contribution in [1.29, 1.82) is 0 Å². The molecule has 29 heavy (non-hydrogen) atoms. The average Bonchev–Trinajstić information content (AvgIpc) is 3.05. The van der Waals surface area contributed by atoms with Gasteiger partial charge in [0.05, 0.1) is 11.5 Å². The fourth-order valence-electron chi connectivity index (χ4n) is 3.16. The van der Waals surface area contributed by atoms with Crippen LogP contribution in [-0.2, 0) is 19.6 Å². The van der Waals surface area contributed by atoms with Gasteiger partial charge < -0.3 is 9.88 Å². The number of H-pyrrole nitrogens is 1. The summed E-state index contributed by atoms with van der Waals surface area (Å²) >= 11 is 5.84. The molecule has 0 saturated heterocycles. The third kappa shape index (κ3) is 4.02. The Kier molecular flexibility index (Phi) is 6.02. The minimum atomic E-state index is -0.555. The quantitative estimate of drug-likeness (QED) is 0.426. The summed E-state index contributed by atoms with van der Waals surface area (Å²) in [5, 5.41) is 14.2. The maximum Gasteiger partial charge on any atom is 0.330 e. The molecule has 0 saturated carbocycles. The molecule has 0 spiro atoms. The van der Waals surface area contributed by atoms with E-state index in [0.29, 0.717) is 35.8 Å². The van der Waals surface area contributed by atoms with Crippen LogP contribution in [0.4, 0.5) is 11.4 Å². The standard InChI is InChI=1S/C18H21ClN6O4/c1-3-5-8-24-16-15(17(26)22-18(24)27)23(4-2)14(21-16)10-20-11-6-7-12(19)13(9-11)25(28)29/h6-7,9,20H,3-5,8,10H2,1-2H3,(H,22,26,27). The number of rotatable bonds is 8. The summed E-state index contributed by atoms with van der Waals surface area (Å²) in [7, 11) is 0. The molecule has 3 rings (SSSR count). The number of nitro benzene ring substituents is 1. The number of unbranched alkanes of at least 4 members (excludes halogenated alkanes) is 1. The van der Waals surface area contributed by atoms with Gasteiger partial charge >= 0.3 is 5.69 Å². The van der Waals surface area contributed by atoms with Crippen molar-refractivity contribution in [2.75, 3.05) is 5.32 Å². The monoisotopic (exact) mass is 420 g/mol. The Hall–Kier alpha value is -3.14. The summed E-state index contributed by atoms with van der Waals surface area (Å²) in [5.74, 6) is 0.543. The normalized spacial score (nSPS) is 11.1. The molecule has 0 fully saturated rings. The van der Waals surface area contributed by atoms with Crippen molar-refractivity contribution in [1.82, 2.24) is 19.1 Å². The van der Waals surface area contributed by atoms with Crippen molar-refractivity contribution >= 4 is 34.1 Å². The van der Waals surface area contributed by atoms with Crippen LogP contribution in [0.15, 0.2) is 27.8 Å². The van der Waals surface area contributed by atoms with Crippen LogP contribution in [0, 0.1) is 10.1 Å². The van der Waals surface area contributed by atoms with Crippen molar-refractivity contribution < 1.29 is 4.92 Å². The second-order valence-electron chi connectivity index (χ2n) is 6.49. The van der Waals surface area contributed by atoms with Crippen LogP contribution in [0.5, 0.6) is 0 Å². The number of fused-ring (bicyclic) bond motifs is 1. The van der Waals surface area contributed by atoms with E-state index < -0.39 is 16.2 Å². The molecule has 0 bridgehead atoms. The Balaban J connectivity index is 2.01. The number of hydrogen-bond donors (Lipinski definition) is 2. The largest absolute Gasteiger partial charge is 0.378 e. The van der Waals surface area contributed by atoms with E-state index in [2.05, 4.69) is 15.3 Å². The maximum atomic E-state index is 12.4. The molecule has 0 radical (unpaired) electrons. The van der Waals surface area contributed by atoms with E-state index in [1.165, 1.54) is 16.7 Å². The summed E-state index contributed by atoms with van der Waals surface area (Å²) in [5.41, 5.74) is -0.00125. The lowest BCUT2D eigenvalue weighted by Gasteiger charge is -2.08. The summed E-state index contributed by atoms with van der Waals surface area (Å²) in [6, 6.07) is 4.40. The Labute approximate surface area is 170 Å². The molecule has 3 aromatic rings. The Morgan fingerprint density at radius 3 is 2.69 bits per heavy atom. The van der Waals surface area contributed by atoms with Gasteiger partial charge in [-0.3, -0.25) is 24.5 Å². The van der Waals surface area contributed by atoms with Crippen LogP contribution in [0.3, 0.4) is 0 Å². The van der Waals surface area contributed by atoms with E-state index in [9.17, 15) is 19.7 Å². The summed E-state index contributed by atoms with van der Waals surface area (Å²) < 4.78 is 3.20. The van der Waals surface area contributed by atoms with E-state index in [0.717, 1.165) is 12.8 Å². The summed E-state index contributed by atoms with van der Waals surface area (Å²) in [4.78, 5) is 42.1. The van der Waals surface area contributed by atoms with Gasteiger partial charge in [-0.2, -0.15) is 0 Å². The Bertz CT molecular complexity index is 1180. The van der Waals surface area contributed by atoms with Gasteiger partial charge in [-0.1, -0.05) is 24.9 Å². The van der Waals surface area contributed by atoms with Gasteiger partial charge in [0.2, 0.25) is 0 Å². The van der Waals surface area contributed by atoms with Crippen LogP contribution >= 0.6 is 11.6 Å². The zero-order chi connectivity index (χ0) is 21.1. The lowest BCUT2D eigenvalue weighted by atomic mass is 10.3. The van der Waals surface area contributed by atoms with E-state index in [-0.39, 0.29) is 17.3 Å². The van der Waals surface area contributed by atoms with Crippen molar-refractivity contribution in [3.8, 4) is 0 Å². The van der Waals surface area contributed by atoms with Crippen LogP contribution in [0.25, 0.3) is 11.2 Å². The molecule has 2 heterocycles. The molecule has 11 heteroatoms. The van der Waals surface area contributed by atoms with Gasteiger partial charge in [0.25, 0.3) is 11.2 Å². The first-order valence-electron chi connectivity index (χ1n) is 9.27. The third-order valence-electron chi connectivity index (χ3n) is 4.61. The maximum absolute atomic E-state index is 12.4. The number of nitro groups is 1. The summed E-state index contributed by atoms with van der Waals surface area (Å²) in [6.45, 7) is 5.03. The zero-order valence-electron chi connectivity index (χ0n) is 16.1. The summed E-state index contributed by atoms with van der Waals surface area (Å²) in [6.07, 6.45) is 1.67. The first-order chi connectivity index (χ1) is 13.9. The molecule has 2 aromatic heterocycles. The first-order valence-corrected chi connectivity index (χ1v) is 9.65. The zero-order valence-corrected chi connectivity index (χ0v) is 16.8. The third-order valence-corrected chi connectivity index (χ3v) is 4.93. The predicted octanol–water partition coefficient (Wildman–Crippen LogP) is 2.88. The van der Waals surface area contributed by atoms with Crippen LogP contribution in [0.1, 0.15) is 32.5 Å². The smallest absolute Gasteiger partial charge is 0.330 e. The molecule has 10 nitrogen and oxygen atoms in total. The molecule has 154 valence electrons.